The molecule has 4 aliphatic rings. The van der Waals surface area contributed by atoms with Gasteiger partial charge in [0.2, 0.25) is 23.8 Å². The van der Waals surface area contributed by atoms with Crippen LogP contribution in [0, 0.1) is 0 Å². The summed E-state index contributed by atoms with van der Waals surface area (Å²) in [5, 5.41) is 10.9. The van der Waals surface area contributed by atoms with E-state index in [0.717, 1.165) is 71.4 Å². The molecule has 4 N–H and O–H groups in total. The Morgan fingerprint density at radius 1 is 0.397 bits per heavy atom. The molecule has 44 heteroatoms. The normalized spacial score (nSPS) is 14.6. The fourth-order valence-electron chi connectivity index (χ4n) is 15.2. The van der Waals surface area contributed by atoms with E-state index in [-0.39, 0.29) is 120 Å². The number of ether oxygens (including phenoxy) is 4. The van der Waals surface area contributed by atoms with Gasteiger partial charge in [0.05, 0.1) is 76.3 Å². The third kappa shape index (κ3) is 26.2. The molecule has 9 heterocycles. The summed E-state index contributed by atoms with van der Waals surface area (Å²) in [6.45, 7) is 5.50. The number of morpholine rings is 4. The molecular formula is C92H97F8N17O15S4. The summed E-state index contributed by atoms with van der Waals surface area (Å²) in [6, 6.07) is 41.4. The number of benzene rings is 7. The standard InChI is InChI=1S/C24H26F2N4O3S.C23H24F2N4O5S.C23H24F2N4O4S.C22H23F2N5O3S/c1-34-12-3-2-9-30-20-8-7-18(29-10-11-33-15-21(29)31)14-19(20)27-24(30)28-23(32)17-6-4-5-16(13-17)22(25)26;1-35(32,33)11-3-8-29-19-7-6-17(28-9-10-34-14-20(28)30)13-18(19)26-23(29)27-22(31)16-5-2-4-15(12-16)21(24)25;1-34(32)11-3-8-29-19-7-6-17(28-9-10-33-14-20(28)30)13-18(19)26-23(29)27-22(31)16-5-2-4-15(12-16)21(24)25;1-33-11-3-8-29-18-7-6-14(28-9-10-32-13-19(28)30)12-17(18)26-22(29)27-21(31)16-5-2-4-15(25-16)20(23)24/h4-8,13-14,22H,2-3,9-12,15H2,1H3,(H,27,28,32);2,4-7,12-13,21H,3,8-11,14H2,1H3,(H,26,27,31);2,4-7,12-13,21H,3,8-11,14H2,1H3,(H,26,27,31);2,4-7,12,20H,3,8-11,13H2,1H3,(H,26,27,31). The first-order chi connectivity index (χ1) is 65.4. The highest BCUT2D eigenvalue weighted by molar-refractivity contribution is 7.98. The summed E-state index contributed by atoms with van der Waals surface area (Å²) < 4.78 is 167. The van der Waals surface area contributed by atoms with Crippen LogP contribution < -0.4 is 40.9 Å². The number of rotatable bonds is 33. The number of imidazole rings is 4. The summed E-state index contributed by atoms with van der Waals surface area (Å²) in [6.07, 6.45) is -0.395. The van der Waals surface area contributed by atoms with Crippen LogP contribution in [0.1, 0.15) is 122 Å². The maximum atomic E-state index is 13.1. The molecule has 16 rings (SSSR count). The molecule has 1 unspecified atom stereocenters. The van der Waals surface area contributed by atoms with Gasteiger partial charge < -0.3 is 56.8 Å². The summed E-state index contributed by atoms with van der Waals surface area (Å²) in [7, 11) is -4.17. The number of hydrogen-bond acceptors (Lipinski definition) is 22. The number of alkyl halides is 8. The van der Waals surface area contributed by atoms with Gasteiger partial charge in [0.15, 0.2) is 0 Å². The molecule has 0 saturated carbocycles. The number of fused-ring (bicyclic) bond motifs is 4. The first-order valence-corrected chi connectivity index (χ1v) is 49.6. The third-order valence-electron chi connectivity index (χ3n) is 21.9. The zero-order valence-electron chi connectivity index (χ0n) is 74.2. The van der Waals surface area contributed by atoms with Crippen LogP contribution >= 0.6 is 23.5 Å². The van der Waals surface area contributed by atoms with E-state index in [1.54, 1.807) is 94.9 Å². The van der Waals surface area contributed by atoms with Gasteiger partial charge in [0, 0.05) is 138 Å². The Hall–Kier alpha value is -12.6. The van der Waals surface area contributed by atoms with Gasteiger partial charge in [-0.3, -0.25) is 63.8 Å². The van der Waals surface area contributed by atoms with Gasteiger partial charge in [-0.05, 0) is 177 Å². The topological polar surface area (TPSA) is 370 Å². The van der Waals surface area contributed by atoms with Gasteiger partial charge in [0.25, 0.3) is 73.0 Å². The number of aryl methyl sites for hydroxylation is 4. The Bertz CT molecular complexity index is 6510. The average molecular weight is 1960 g/mol. The van der Waals surface area contributed by atoms with Crippen LogP contribution in [0.5, 0.6) is 0 Å². The maximum Gasteiger partial charge on any atom is 0.280 e. The van der Waals surface area contributed by atoms with Gasteiger partial charge in [-0.2, -0.15) is 23.5 Å². The molecule has 0 bridgehead atoms. The van der Waals surface area contributed by atoms with Crippen molar-refractivity contribution in [3.63, 3.8) is 0 Å². The lowest BCUT2D eigenvalue weighted by Gasteiger charge is -2.26. The number of amides is 8. The van der Waals surface area contributed by atoms with E-state index in [0.29, 0.717) is 141 Å². The van der Waals surface area contributed by atoms with E-state index < -0.39 is 75.7 Å². The predicted molar refractivity (Wildman–Crippen MR) is 505 cm³/mol. The number of thioether (sulfide) groups is 2. The molecule has 720 valence electrons. The van der Waals surface area contributed by atoms with Gasteiger partial charge in [-0.1, -0.05) is 42.5 Å². The van der Waals surface area contributed by atoms with Crippen LogP contribution in [0.4, 0.5) is 81.7 Å². The SMILES string of the molecule is CS(=O)(=O)CCCn1c(NC(=O)c2cccc(C(F)F)c2)nc2cc(N3CCOCC3=O)ccc21.CS(=O)CCCn1c(NC(=O)c2cccc(C(F)F)c2)nc2cc(N3CCOCC3=O)ccc21.CSCCCCn1c(NC(=O)c2cccc(C(F)F)c2)nc2cc(N3CCOCC3=O)ccc21.CSCCCn1c(NC(=O)c2cccc(C(F)F)n2)nc2cc(N3CCOCC3=O)ccc21. The molecule has 12 aromatic rings. The lowest BCUT2D eigenvalue weighted by atomic mass is 10.1. The number of nitrogens with one attached hydrogen (secondary N) is 4. The average Bonchev–Trinajstić information content (AvgIpc) is 1.64. The molecule has 136 heavy (non-hydrogen) atoms. The second kappa shape index (κ2) is 47.3. The van der Waals surface area contributed by atoms with Crippen molar-refractivity contribution in [2.75, 3.05) is 168 Å². The molecule has 0 spiro atoms. The van der Waals surface area contributed by atoms with Crippen molar-refractivity contribution in [3.8, 4) is 0 Å². The highest BCUT2D eigenvalue weighted by Crippen LogP contribution is 2.35. The fraction of sp³-hybridized carbons (Fsp3) is 0.359. The van der Waals surface area contributed by atoms with Crippen molar-refractivity contribution in [2.45, 2.75) is 84.0 Å². The van der Waals surface area contributed by atoms with Gasteiger partial charge >= 0.3 is 0 Å². The quantitative estimate of drug-likeness (QED) is 0.0219. The largest absolute Gasteiger partial charge is 0.370 e. The number of unbranched alkanes of at least 4 members (excludes halogenated alkanes) is 1. The zero-order chi connectivity index (χ0) is 96.9. The third-order valence-corrected chi connectivity index (χ3v) is 25.2. The van der Waals surface area contributed by atoms with E-state index in [1.165, 1.54) is 78.9 Å². The molecule has 1 atom stereocenters. The highest BCUT2D eigenvalue weighted by atomic mass is 32.2. The van der Waals surface area contributed by atoms with Crippen molar-refractivity contribution >= 4 is 182 Å². The van der Waals surface area contributed by atoms with Crippen molar-refractivity contribution in [1.82, 2.24) is 43.2 Å². The number of sulfone groups is 1. The molecule has 0 aliphatic carbocycles. The van der Waals surface area contributed by atoms with Gasteiger partial charge in [0.1, 0.15) is 47.7 Å². The molecule has 0 radical (unpaired) electrons. The molecule has 4 saturated heterocycles. The number of carbonyl (C=O) groups is 8. The summed E-state index contributed by atoms with van der Waals surface area (Å²) in [4.78, 5) is 129. The number of anilines is 8. The second-order valence-electron chi connectivity index (χ2n) is 31.4. The maximum absolute atomic E-state index is 13.1. The summed E-state index contributed by atoms with van der Waals surface area (Å²) in [5.74, 6) is 0.492. The van der Waals surface area contributed by atoms with Crippen molar-refractivity contribution in [1.29, 1.82) is 0 Å². The van der Waals surface area contributed by atoms with Crippen molar-refractivity contribution in [3.05, 3.63) is 209 Å². The van der Waals surface area contributed by atoms with E-state index in [9.17, 15) is 86.1 Å². The number of carbonyl (C=O) groups excluding carboxylic acids is 8. The van der Waals surface area contributed by atoms with Gasteiger partial charge in [-0.25, -0.2) is 68.5 Å². The predicted octanol–water partition coefficient (Wildman–Crippen LogP) is 14.9. The van der Waals surface area contributed by atoms with Crippen LogP contribution in [-0.4, -0.2) is 230 Å². The minimum Gasteiger partial charge on any atom is -0.370 e. The second-order valence-corrected chi connectivity index (χ2v) is 37.2. The van der Waals surface area contributed by atoms with E-state index in [4.69, 9.17) is 18.9 Å². The number of nitrogens with zero attached hydrogens (tertiary/aromatic N) is 13. The van der Waals surface area contributed by atoms with Gasteiger partial charge in [-0.15, -0.1) is 0 Å². The number of hydrogen-bond donors (Lipinski definition) is 4. The van der Waals surface area contributed by atoms with Crippen LogP contribution in [0.25, 0.3) is 44.1 Å². The fourth-order valence-corrected chi connectivity index (χ4v) is 17.3. The van der Waals surface area contributed by atoms with Crippen LogP contribution in [0.2, 0.25) is 0 Å². The molecule has 32 nitrogen and oxygen atoms in total. The Morgan fingerprint density at radius 3 is 1.03 bits per heavy atom. The highest BCUT2D eigenvalue weighted by Gasteiger charge is 2.30. The summed E-state index contributed by atoms with van der Waals surface area (Å²) >= 11 is 3.49. The zero-order valence-corrected chi connectivity index (χ0v) is 77.4. The Morgan fingerprint density at radius 2 is 0.713 bits per heavy atom. The molecule has 7 aromatic carbocycles. The lowest BCUT2D eigenvalue weighted by molar-refractivity contribution is -0.126. The van der Waals surface area contributed by atoms with Crippen LogP contribution in [0.15, 0.2) is 164 Å². The minimum atomic E-state index is -3.20. The Balaban J connectivity index is 0.000000153. The van der Waals surface area contributed by atoms with E-state index in [1.807, 2.05) is 51.8 Å². The first-order valence-electron chi connectivity index (χ1n) is 43.0. The van der Waals surface area contributed by atoms with Crippen molar-refractivity contribution in [2.24, 2.45) is 0 Å². The smallest absolute Gasteiger partial charge is 0.280 e. The summed E-state index contributed by atoms with van der Waals surface area (Å²) in [5.41, 5.74) is 6.93. The molecule has 5 aromatic heterocycles. The Labute approximate surface area is 786 Å². The van der Waals surface area contributed by atoms with E-state index in [2.05, 4.69) is 52.4 Å². The monoisotopic (exact) mass is 1960 g/mol. The van der Waals surface area contributed by atoms with E-state index >= 15 is 0 Å². The minimum absolute atomic E-state index is 0.0135. The molecular weight excluding hydrogens is 1860 g/mol. The lowest BCUT2D eigenvalue weighted by Crippen LogP contribution is -2.41. The van der Waals surface area contributed by atoms with Crippen molar-refractivity contribution < 1.29 is 105 Å². The number of pyridine rings is 1. The molecule has 4 fully saturated rings. The molecule has 8 amide bonds. The van der Waals surface area contributed by atoms with Crippen LogP contribution in [0.3, 0.4) is 0 Å². The first kappa shape index (κ1) is 101. The number of aromatic nitrogens is 9. The van der Waals surface area contributed by atoms with Crippen LogP contribution in [-0.2, 0) is 84.9 Å². The Kier molecular flexibility index (Phi) is 35.0. The number of halogens is 8. The molecule has 4 aliphatic heterocycles.